The molecule has 6 aliphatic rings. The molecule has 0 spiro atoms. The fourth-order valence-corrected chi connectivity index (χ4v) is 10.7. The maximum Gasteiger partial charge on any atom is 0.309 e. The highest BCUT2D eigenvalue weighted by Crippen LogP contribution is 2.71. The first-order chi connectivity index (χ1) is 17.6. The Kier molecular flexibility index (Phi) is 8.88. The van der Waals surface area contributed by atoms with E-state index in [1.807, 2.05) is 7.11 Å². The molecule has 0 aliphatic heterocycles. The molecule has 10 atom stereocenters. The highest BCUT2D eigenvalue weighted by atomic mass is 16.5. The van der Waals surface area contributed by atoms with E-state index in [4.69, 9.17) is 4.74 Å². The van der Waals surface area contributed by atoms with Crippen molar-refractivity contribution < 1.29 is 19.4 Å². The summed E-state index contributed by atoms with van der Waals surface area (Å²) >= 11 is 0. The lowest BCUT2D eigenvalue weighted by Gasteiger charge is -2.67. The molecule has 0 aromatic rings. The first-order valence-electron chi connectivity index (χ1n) is 15.8. The SMILES string of the molecule is CCC.COC1CCC2(C)C(CCC3(C)C4CCC5(C(=O)O)CCCC5C4CCC23)C1C.O=CC1CC1. The zero-order chi connectivity index (χ0) is 27.0. The summed E-state index contributed by atoms with van der Waals surface area (Å²) in [5, 5.41) is 10.1. The Labute approximate surface area is 227 Å². The molecular weight excluding hydrogens is 460 g/mol. The monoisotopic (exact) mass is 516 g/mol. The van der Waals surface area contributed by atoms with Gasteiger partial charge in [-0.15, -0.1) is 0 Å². The molecule has 6 aliphatic carbocycles. The number of carboxylic acids is 1. The molecule has 4 heteroatoms. The van der Waals surface area contributed by atoms with E-state index in [1.54, 1.807) is 0 Å². The first kappa shape index (κ1) is 29.1. The van der Waals surface area contributed by atoms with Gasteiger partial charge in [-0.3, -0.25) is 4.79 Å². The number of fused-ring (bicyclic) bond motifs is 7. The van der Waals surface area contributed by atoms with Crippen LogP contribution in [0, 0.1) is 57.7 Å². The van der Waals surface area contributed by atoms with Gasteiger partial charge in [0.2, 0.25) is 0 Å². The minimum Gasteiger partial charge on any atom is -0.481 e. The van der Waals surface area contributed by atoms with Crippen molar-refractivity contribution in [1.82, 2.24) is 0 Å². The van der Waals surface area contributed by atoms with Crippen LogP contribution in [0.1, 0.15) is 125 Å². The number of ether oxygens (including phenoxy) is 1. The highest BCUT2D eigenvalue weighted by Gasteiger charge is 2.65. The van der Waals surface area contributed by atoms with Gasteiger partial charge in [-0.2, -0.15) is 0 Å². The number of aldehydes is 1. The zero-order valence-corrected chi connectivity index (χ0v) is 24.8. The molecule has 0 radical (unpaired) electrons. The maximum absolute atomic E-state index is 12.3. The van der Waals surface area contributed by atoms with E-state index >= 15 is 0 Å². The number of carbonyl (C=O) groups excluding carboxylic acids is 1. The molecule has 6 fully saturated rings. The Morgan fingerprint density at radius 1 is 0.865 bits per heavy atom. The molecule has 10 unspecified atom stereocenters. The number of hydrogen-bond acceptors (Lipinski definition) is 3. The number of rotatable bonds is 3. The summed E-state index contributed by atoms with van der Waals surface area (Å²) < 4.78 is 5.87. The average molecular weight is 517 g/mol. The topological polar surface area (TPSA) is 63.6 Å². The average Bonchev–Trinajstić information content (AvgIpc) is 3.61. The molecule has 212 valence electrons. The summed E-state index contributed by atoms with van der Waals surface area (Å²) in [4.78, 5) is 21.9. The Morgan fingerprint density at radius 3 is 2.05 bits per heavy atom. The third-order valence-electron chi connectivity index (χ3n) is 12.6. The van der Waals surface area contributed by atoms with Crippen LogP contribution in [0.5, 0.6) is 0 Å². The van der Waals surface area contributed by atoms with Gasteiger partial charge in [0.25, 0.3) is 0 Å². The minimum atomic E-state index is -0.479. The van der Waals surface area contributed by atoms with E-state index in [0.717, 1.165) is 62.6 Å². The summed E-state index contributed by atoms with van der Waals surface area (Å²) in [6.45, 7) is 12.0. The van der Waals surface area contributed by atoms with E-state index < -0.39 is 5.97 Å². The van der Waals surface area contributed by atoms with Crippen LogP contribution in [0.3, 0.4) is 0 Å². The molecule has 37 heavy (non-hydrogen) atoms. The summed E-state index contributed by atoms with van der Waals surface area (Å²) in [6.07, 6.45) is 18.2. The molecule has 6 saturated carbocycles. The molecule has 0 heterocycles. The predicted octanol–water partition coefficient (Wildman–Crippen LogP) is 8.17. The third-order valence-corrected chi connectivity index (χ3v) is 12.6. The van der Waals surface area contributed by atoms with Crippen LogP contribution in [0.2, 0.25) is 0 Å². The van der Waals surface area contributed by atoms with Crippen molar-refractivity contribution in [2.24, 2.45) is 57.7 Å². The van der Waals surface area contributed by atoms with Crippen LogP contribution in [0.25, 0.3) is 0 Å². The van der Waals surface area contributed by atoms with Gasteiger partial charge in [-0.1, -0.05) is 47.5 Å². The molecular formula is C33H56O4. The Balaban J connectivity index is 0.000000347. The Morgan fingerprint density at radius 2 is 1.49 bits per heavy atom. The summed E-state index contributed by atoms with van der Waals surface area (Å²) in [7, 11) is 1.90. The van der Waals surface area contributed by atoms with Crippen molar-refractivity contribution in [3.63, 3.8) is 0 Å². The van der Waals surface area contributed by atoms with Crippen LogP contribution < -0.4 is 0 Å². The Hall–Kier alpha value is -0.900. The summed E-state index contributed by atoms with van der Waals surface area (Å²) in [5.74, 6) is 4.12. The lowest BCUT2D eigenvalue weighted by Crippen LogP contribution is -2.61. The first-order valence-corrected chi connectivity index (χ1v) is 15.8. The molecule has 6 rings (SSSR count). The van der Waals surface area contributed by atoms with Crippen molar-refractivity contribution in [2.75, 3.05) is 7.11 Å². The van der Waals surface area contributed by atoms with Gasteiger partial charge < -0.3 is 14.6 Å². The minimum absolute atomic E-state index is 0.378. The van der Waals surface area contributed by atoms with E-state index in [2.05, 4.69) is 34.6 Å². The lowest BCUT2D eigenvalue weighted by atomic mass is 9.37. The van der Waals surface area contributed by atoms with Crippen molar-refractivity contribution in [3.05, 3.63) is 0 Å². The molecule has 0 bridgehead atoms. The summed E-state index contributed by atoms with van der Waals surface area (Å²) in [6, 6.07) is 0. The van der Waals surface area contributed by atoms with Crippen LogP contribution in [-0.4, -0.2) is 30.6 Å². The van der Waals surface area contributed by atoms with E-state index in [0.29, 0.717) is 40.6 Å². The van der Waals surface area contributed by atoms with Gasteiger partial charge in [0.1, 0.15) is 6.29 Å². The summed E-state index contributed by atoms with van der Waals surface area (Å²) in [5.41, 5.74) is 0.487. The largest absolute Gasteiger partial charge is 0.481 e. The van der Waals surface area contributed by atoms with Crippen molar-refractivity contribution in [3.8, 4) is 0 Å². The van der Waals surface area contributed by atoms with Crippen molar-refractivity contribution >= 4 is 12.3 Å². The fourth-order valence-electron chi connectivity index (χ4n) is 10.7. The van der Waals surface area contributed by atoms with Gasteiger partial charge in [-0.25, -0.2) is 0 Å². The number of carbonyl (C=O) groups is 2. The second-order valence-electron chi connectivity index (χ2n) is 14.4. The second kappa shape index (κ2) is 11.3. The molecule has 1 N–H and O–H groups in total. The standard InChI is InChI=1S/C26H42O3.C4H6O.C3H8/c1-16-18-9-13-25(3)19-10-15-26(23(27)28)12-5-6-20(26)17(19)7-8-22(25)24(18,2)14-11-21(16)29-4;5-3-4-1-2-4;1-3-2/h16-22H,5-15H2,1-4H3,(H,27,28);3-4H,1-2H2;3H2,1-2H3. The number of aliphatic carboxylic acids is 1. The van der Waals surface area contributed by atoms with Gasteiger partial charge in [0, 0.05) is 13.0 Å². The van der Waals surface area contributed by atoms with Crippen molar-refractivity contribution in [1.29, 1.82) is 0 Å². The van der Waals surface area contributed by atoms with E-state index in [1.165, 1.54) is 51.4 Å². The van der Waals surface area contributed by atoms with Crippen LogP contribution >= 0.6 is 0 Å². The molecule has 0 aromatic heterocycles. The quantitative estimate of drug-likeness (QED) is 0.384. The lowest BCUT2D eigenvalue weighted by molar-refractivity contribution is -0.201. The third kappa shape index (κ3) is 4.95. The second-order valence-corrected chi connectivity index (χ2v) is 14.4. The highest BCUT2D eigenvalue weighted by molar-refractivity contribution is 5.75. The van der Waals surface area contributed by atoms with Crippen LogP contribution in [-0.2, 0) is 14.3 Å². The maximum atomic E-state index is 12.3. The molecule has 0 saturated heterocycles. The Bertz CT molecular complexity index is 806. The molecule has 4 nitrogen and oxygen atoms in total. The smallest absolute Gasteiger partial charge is 0.309 e. The van der Waals surface area contributed by atoms with E-state index in [-0.39, 0.29) is 5.41 Å². The molecule has 0 aromatic carbocycles. The van der Waals surface area contributed by atoms with Crippen molar-refractivity contribution in [2.45, 2.75) is 131 Å². The fraction of sp³-hybridized carbons (Fsp3) is 0.939. The van der Waals surface area contributed by atoms with Gasteiger partial charge in [-0.05, 0) is 123 Å². The van der Waals surface area contributed by atoms with Gasteiger partial charge >= 0.3 is 5.97 Å². The van der Waals surface area contributed by atoms with Gasteiger partial charge in [0.05, 0.1) is 11.5 Å². The predicted molar refractivity (Wildman–Crippen MR) is 149 cm³/mol. The normalized spacial score (nSPS) is 47.9. The van der Waals surface area contributed by atoms with Crippen LogP contribution in [0.15, 0.2) is 0 Å². The van der Waals surface area contributed by atoms with E-state index in [9.17, 15) is 14.7 Å². The molecule has 0 amide bonds. The van der Waals surface area contributed by atoms with Gasteiger partial charge in [0.15, 0.2) is 0 Å². The number of methoxy groups -OCH3 is 1. The number of carboxylic acid groups (broad SMARTS) is 1. The number of hydrogen-bond donors (Lipinski definition) is 1. The van der Waals surface area contributed by atoms with Crippen LogP contribution in [0.4, 0.5) is 0 Å². The zero-order valence-electron chi connectivity index (χ0n) is 24.8.